The number of fused-ring (bicyclic) bond motifs is 2. The number of hydrogen-bond acceptors (Lipinski definition) is 5. The van der Waals surface area contributed by atoms with Crippen molar-refractivity contribution < 1.29 is 9.59 Å². The van der Waals surface area contributed by atoms with Crippen LogP contribution in [0, 0.1) is 0 Å². The third kappa shape index (κ3) is 4.41. The first-order valence-electron chi connectivity index (χ1n) is 11.7. The van der Waals surface area contributed by atoms with E-state index in [1.807, 2.05) is 65.2 Å². The van der Waals surface area contributed by atoms with Crippen LogP contribution in [0.1, 0.15) is 26.4 Å². The first-order valence-corrected chi connectivity index (χ1v) is 11.7. The maximum Gasteiger partial charge on any atom is 0.276 e. The van der Waals surface area contributed by atoms with Gasteiger partial charge in [-0.15, -0.1) is 0 Å². The molecule has 0 aliphatic rings. The summed E-state index contributed by atoms with van der Waals surface area (Å²) in [7, 11) is 0. The van der Waals surface area contributed by atoms with Gasteiger partial charge in [-0.05, 0) is 29.1 Å². The molecule has 0 saturated carbocycles. The number of nitrogens with one attached hydrogen (secondary N) is 3. The van der Waals surface area contributed by atoms with Crippen molar-refractivity contribution in [2.45, 2.75) is 6.54 Å². The predicted octanol–water partition coefficient (Wildman–Crippen LogP) is 4.86. The topological polar surface area (TPSA) is 118 Å². The van der Waals surface area contributed by atoms with Crippen molar-refractivity contribution in [3.05, 3.63) is 114 Å². The zero-order chi connectivity index (χ0) is 25.2. The molecule has 9 heteroatoms. The zero-order valence-electron chi connectivity index (χ0n) is 19.6. The van der Waals surface area contributed by atoms with Crippen LogP contribution in [0.25, 0.3) is 21.8 Å². The minimum absolute atomic E-state index is 0.271. The lowest BCUT2D eigenvalue weighted by molar-refractivity contribution is 0.101. The summed E-state index contributed by atoms with van der Waals surface area (Å²) in [5.41, 5.74) is 2.82. The van der Waals surface area contributed by atoms with Gasteiger partial charge in [0.15, 0.2) is 0 Å². The van der Waals surface area contributed by atoms with Crippen LogP contribution in [-0.2, 0) is 6.54 Å². The Balaban J connectivity index is 1.40. The van der Waals surface area contributed by atoms with Crippen molar-refractivity contribution >= 4 is 45.5 Å². The van der Waals surface area contributed by atoms with E-state index in [0.29, 0.717) is 35.0 Å². The van der Waals surface area contributed by atoms with Crippen molar-refractivity contribution in [1.29, 1.82) is 0 Å². The van der Waals surface area contributed by atoms with Crippen molar-refractivity contribution in [2.24, 2.45) is 0 Å². The molecular formula is C28H21N7O2. The summed E-state index contributed by atoms with van der Waals surface area (Å²) in [5, 5.41) is 7.51. The maximum absolute atomic E-state index is 13.3. The van der Waals surface area contributed by atoms with Crippen molar-refractivity contribution in [2.75, 3.05) is 10.6 Å². The smallest absolute Gasteiger partial charge is 0.276 e. The van der Waals surface area contributed by atoms with Crippen molar-refractivity contribution in [3.8, 4) is 0 Å². The fourth-order valence-corrected chi connectivity index (χ4v) is 4.23. The number of benzene rings is 3. The van der Waals surface area contributed by atoms with E-state index in [9.17, 15) is 9.59 Å². The Morgan fingerprint density at radius 1 is 0.838 bits per heavy atom. The summed E-state index contributed by atoms with van der Waals surface area (Å²) in [5.74, 6) is -0.102. The highest BCUT2D eigenvalue weighted by Crippen LogP contribution is 2.26. The fourth-order valence-electron chi connectivity index (χ4n) is 4.23. The number of pyridine rings is 1. The molecular weight excluding hydrogens is 466 g/mol. The molecule has 37 heavy (non-hydrogen) atoms. The van der Waals surface area contributed by atoms with Gasteiger partial charge in [-0.2, -0.15) is 0 Å². The highest BCUT2D eigenvalue weighted by atomic mass is 16.2. The van der Waals surface area contributed by atoms with Crippen LogP contribution < -0.4 is 10.6 Å². The Morgan fingerprint density at radius 3 is 2.46 bits per heavy atom. The summed E-state index contributed by atoms with van der Waals surface area (Å²) in [6.45, 7) is 0.446. The zero-order valence-corrected chi connectivity index (χ0v) is 19.6. The molecule has 0 spiro atoms. The Labute approximate surface area is 211 Å². The average Bonchev–Trinajstić information content (AvgIpc) is 3.56. The van der Waals surface area contributed by atoms with E-state index in [2.05, 4.69) is 25.6 Å². The number of amides is 2. The SMILES string of the molecule is O=C(Nc1nc2c(C(=O)Nc3ncc[nH]3)cccc2n1Cc1ccccc1)c1cc2ccccc2cn1. The second kappa shape index (κ2) is 9.38. The Morgan fingerprint density at radius 2 is 1.65 bits per heavy atom. The van der Waals surface area contributed by atoms with Gasteiger partial charge >= 0.3 is 0 Å². The van der Waals surface area contributed by atoms with Gasteiger partial charge < -0.3 is 9.55 Å². The summed E-state index contributed by atoms with van der Waals surface area (Å²) in [4.78, 5) is 42.3. The molecule has 0 bridgehead atoms. The molecule has 3 aromatic carbocycles. The van der Waals surface area contributed by atoms with E-state index >= 15 is 0 Å². The minimum atomic E-state index is -0.392. The van der Waals surface area contributed by atoms with Gasteiger partial charge in [0.25, 0.3) is 11.8 Å². The molecule has 0 saturated heterocycles. The molecule has 6 aromatic rings. The van der Waals surface area contributed by atoms with Crippen molar-refractivity contribution in [1.82, 2.24) is 24.5 Å². The van der Waals surface area contributed by atoms with Crippen LogP contribution in [0.4, 0.5) is 11.9 Å². The molecule has 3 aromatic heterocycles. The minimum Gasteiger partial charge on any atom is -0.331 e. The predicted molar refractivity (Wildman–Crippen MR) is 142 cm³/mol. The molecule has 180 valence electrons. The molecule has 0 aliphatic heterocycles. The molecule has 0 unspecified atom stereocenters. The number of rotatable bonds is 6. The van der Waals surface area contributed by atoms with Crippen LogP contribution in [-0.4, -0.2) is 36.3 Å². The highest BCUT2D eigenvalue weighted by Gasteiger charge is 2.20. The largest absolute Gasteiger partial charge is 0.331 e. The Hall–Kier alpha value is -5.31. The van der Waals surface area contributed by atoms with E-state index in [-0.39, 0.29) is 11.6 Å². The third-order valence-corrected chi connectivity index (χ3v) is 6.03. The van der Waals surface area contributed by atoms with Crippen LogP contribution in [0.5, 0.6) is 0 Å². The lowest BCUT2D eigenvalue weighted by Gasteiger charge is -2.11. The Bertz CT molecular complexity index is 1740. The summed E-state index contributed by atoms with van der Waals surface area (Å²) in [6.07, 6.45) is 4.85. The van der Waals surface area contributed by atoms with E-state index in [1.54, 1.807) is 36.8 Å². The number of anilines is 2. The number of hydrogen-bond donors (Lipinski definition) is 3. The summed E-state index contributed by atoms with van der Waals surface area (Å²) in [6, 6.07) is 24.7. The van der Waals surface area contributed by atoms with Gasteiger partial charge in [-0.1, -0.05) is 60.7 Å². The average molecular weight is 488 g/mol. The lowest BCUT2D eigenvalue weighted by atomic mass is 10.1. The first kappa shape index (κ1) is 22.2. The number of carbonyl (C=O) groups is 2. The number of aromatic nitrogens is 5. The van der Waals surface area contributed by atoms with Gasteiger partial charge in [0.2, 0.25) is 11.9 Å². The lowest BCUT2D eigenvalue weighted by Crippen LogP contribution is -2.17. The van der Waals surface area contributed by atoms with E-state index in [0.717, 1.165) is 16.3 Å². The third-order valence-electron chi connectivity index (χ3n) is 6.03. The van der Waals surface area contributed by atoms with E-state index < -0.39 is 5.91 Å². The maximum atomic E-state index is 13.3. The molecule has 0 fully saturated rings. The number of carbonyl (C=O) groups excluding carboxylic acids is 2. The fraction of sp³-hybridized carbons (Fsp3) is 0.0357. The van der Waals surface area contributed by atoms with Crippen LogP contribution in [0.2, 0.25) is 0 Å². The second-order valence-electron chi connectivity index (χ2n) is 8.44. The second-order valence-corrected chi connectivity index (χ2v) is 8.44. The number of H-pyrrole nitrogens is 1. The molecule has 9 nitrogen and oxygen atoms in total. The molecule has 6 rings (SSSR count). The molecule has 3 heterocycles. The molecule has 0 atom stereocenters. The van der Waals surface area contributed by atoms with Crippen LogP contribution >= 0.6 is 0 Å². The van der Waals surface area contributed by atoms with Crippen LogP contribution in [0.3, 0.4) is 0 Å². The molecule has 0 aliphatic carbocycles. The summed E-state index contributed by atoms with van der Waals surface area (Å²) < 4.78 is 1.88. The number of imidazole rings is 2. The van der Waals surface area contributed by atoms with Gasteiger partial charge in [0.1, 0.15) is 11.2 Å². The monoisotopic (exact) mass is 487 g/mol. The van der Waals surface area contributed by atoms with Crippen molar-refractivity contribution in [3.63, 3.8) is 0 Å². The summed E-state index contributed by atoms with van der Waals surface area (Å²) >= 11 is 0. The standard InChI is InChI=1S/C28H21N7O2/c36-25(33-27-29-13-14-30-27)21-11-6-12-23-24(21)32-28(35(23)17-18-7-2-1-3-8-18)34-26(37)22-15-19-9-4-5-10-20(19)16-31-22/h1-16H,17H2,(H,32,34,37)(H2,29,30,33,36). The number of para-hydroxylation sites is 1. The van der Waals surface area contributed by atoms with Gasteiger partial charge in [-0.3, -0.25) is 25.2 Å². The Kier molecular flexibility index (Phi) is 5.62. The molecule has 2 amide bonds. The van der Waals surface area contributed by atoms with Gasteiger partial charge in [0.05, 0.1) is 17.6 Å². The van der Waals surface area contributed by atoms with Crippen LogP contribution in [0.15, 0.2) is 97.5 Å². The number of nitrogens with zero attached hydrogens (tertiary/aromatic N) is 4. The van der Waals surface area contributed by atoms with Gasteiger partial charge in [-0.25, -0.2) is 9.97 Å². The van der Waals surface area contributed by atoms with E-state index in [4.69, 9.17) is 4.98 Å². The van der Waals surface area contributed by atoms with E-state index in [1.165, 1.54) is 0 Å². The first-order chi connectivity index (χ1) is 18.2. The molecule has 0 radical (unpaired) electrons. The number of aromatic amines is 1. The van der Waals surface area contributed by atoms with Gasteiger partial charge in [0, 0.05) is 24.0 Å². The highest BCUT2D eigenvalue weighted by molar-refractivity contribution is 6.12. The quantitative estimate of drug-likeness (QED) is 0.310. The molecule has 3 N–H and O–H groups in total. The normalized spacial score (nSPS) is 11.0.